The number of carbonyl (C=O) groups is 3. The second kappa shape index (κ2) is 14.9. The lowest BCUT2D eigenvalue weighted by molar-refractivity contribution is -0.130. The number of nitrogens with one attached hydrogen (secondary N) is 4. The Balaban J connectivity index is 1.42. The van der Waals surface area contributed by atoms with Crippen LogP contribution in [0.25, 0.3) is 11.1 Å². The molecule has 3 aromatic rings. The number of anilines is 1. The minimum atomic E-state index is -0.808. The Morgan fingerprint density at radius 2 is 1.64 bits per heavy atom. The molecule has 0 radical (unpaired) electrons. The number of aromatic nitrogens is 2. The Hall–Kier alpha value is -4.60. The highest BCUT2D eigenvalue weighted by Gasteiger charge is 2.30. The van der Waals surface area contributed by atoms with Gasteiger partial charge in [-0.2, -0.15) is 0 Å². The molecule has 10 heteroatoms. The van der Waals surface area contributed by atoms with Gasteiger partial charge in [-0.1, -0.05) is 36.4 Å². The Bertz CT molecular complexity index is 1490. The Morgan fingerprint density at radius 3 is 2.27 bits per heavy atom. The highest BCUT2D eigenvalue weighted by Crippen LogP contribution is 2.29. The third-order valence-electron chi connectivity index (χ3n) is 7.85. The van der Waals surface area contributed by atoms with E-state index in [-0.39, 0.29) is 23.7 Å². The highest BCUT2D eigenvalue weighted by atomic mass is 16.6. The smallest absolute Gasteiger partial charge is 0.407 e. The second-order valence-corrected chi connectivity index (χ2v) is 12.8. The molecule has 45 heavy (non-hydrogen) atoms. The summed E-state index contributed by atoms with van der Waals surface area (Å²) in [5.41, 5.74) is 3.93. The maximum absolute atomic E-state index is 13.6. The second-order valence-electron chi connectivity index (χ2n) is 12.8. The van der Waals surface area contributed by atoms with Gasteiger partial charge in [0.2, 0.25) is 11.8 Å². The van der Waals surface area contributed by atoms with Gasteiger partial charge in [-0.3, -0.25) is 9.59 Å². The van der Waals surface area contributed by atoms with Gasteiger partial charge in [-0.15, -0.1) is 0 Å². The van der Waals surface area contributed by atoms with Gasteiger partial charge in [-0.05, 0) is 95.0 Å². The molecule has 0 bridgehead atoms. The summed E-state index contributed by atoms with van der Waals surface area (Å²) in [5.74, 6) is 0.269. The molecule has 1 fully saturated rings. The molecular weight excluding hydrogens is 568 g/mol. The van der Waals surface area contributed by atoms with Gasteiger partial charge < -0.3 is 26.1 Å². The molecule has 1 saturated carbocycles. The zero-order chi connectivity index (χ0) is 32.6. The number of ether oxygens (including phenoxy) is 1. The number of rotatable bonds is 10. The van der Waals surface area contributed by atoms with Crippen molar-refractivity contribution in [2.45, 2.75) is 78.4 Å². The maximum atomic E-state index is 13.6. The summed E-state index contributed by atoms with van der Waals surface area (Å²) in [6.45, 7) is 9.53. The molecule has 4 N–H and O–H groups in total. The number of benzene rings is 2. The van der Waals surface area contributed by atoms with Crippen LogP contribution >= 0.6 is 0 Å². The number of alkyl carbamates (subject to hydrolysis) is 1. The van der Waals surface area contributed by atoms with Crippen LogP contribution in [0, 0.1) is 24.2 Å². The summed E-state index contributed by atoms with van der Waals surface area (Å²) < 4.78 is 5.33. The van der Waals surface area contributed by atoms with Crippen molar-refractivity contribution in [1.82, 2.24) is 20.6 Å². The highest BCUT2D eigenvalue weighted by molar-refractivity contribution is 5.99. The lowest BCUT2D eigenvalue weighted by atomic mass is 9.81. The van der Waals surface area contributed by atoms with Crippen molar-refractivity contribution in [3.63, 3.8) is 0 Å². The first-order chi connectivity index (χ1) is 21.4. The number of hydrogen-bond acceptors (Lipinski definition) is 7. The van der Waals surface area contributed by atoms with Crippen LogP contribution in [0.3, 0.4) is 0 Å². The maximum Gasteiger partial charge on any atom is 0.407 e. The molecule has 1 aliphatic carbocycles. The molecule has 2 aromatic carbocycles. The molecule has 4 rings (SSSR count). The van der Waals surface area contributed by atoms with Crippen LogP contribution in [0.1, 0.15) is 70.3 Å². The van der Waals surface area contributed by atoms with Gasteiger partial charge in [0, 0.05) is 48.2 Å². The minimum Gasteiger partial charge on any atom is -0.444 e. The average molecular weight is 613 g/mol. The van der Waals surface area contributed by atoms with Crippen molar-refractivity contribution in [2.75, 3.05) is 11.9 Å². The van der Waals surface area contributed by atoms with Crippen molar-refractivity contribution in [3.8, 4) is 11.1 Å². The zero-order valence-electron chi connectivity index (χ0n) is 26.8. The Labute approximate surface area is 265 Å². The molecule has 0 spiro atoms. The molecule has 0 unspecified atom stereocenters. The van der Waals surface area contributed by atoms with Gasteiger partial charge in [0.1, 0.15) is 17.5 Å². The first-order valence-corrected chi connectivity index (χ1v) is 15.5. The largest absolute Gasteiger partial charge is 0.444 e. The fraction of sp³-hybridized carbons (Fsp3) is 0.429. The summed E-state index contributed by atoms with van der Waals surface area (Å²) in [6, 6.07) is 14.1. The average Bonchev–Trinajstić information content (AvgIpc) is 3.00. The Kier molecular flexibility index (Phi) is 11.0. The van der Waals surface area contributed by atoms with E-state index in [2.05, 4.69) is 25.9 Å². The monoisotopic (exact) mass is 612 g/mol. The predicted octanol–water partition coefficient (Wildman–Crippen LogP) is 5.84. The summed E-state index contributed by atoms with van der Waals surface area (Å²) >= 11 is 0. The van der Waals surface area contributed by atoms with Crippen molar-refractivity contribution >= 4 is 29.3 Å². The van der Waals surface area contributed by atoms with Gasteiger partial charge >= 0.3 is 6.09 Å². The predicted molar refractivity (Wildman–Crippen MR) is 175 cm³/mol. The van der Waals surface area contributed by atoms with E-state index in [1.54, 1.807) is 43.6 Å². The number of amides is 3. The number of hydrogen-bond donors (Lipinski definition) is 4. The van der Waals surface area contributed by atoms with Crippen molar-refractivity contribution < 1.29 is 19.1 Å². The summed E-state index contributed by atoms with van der Waals surface area (Å²) in [5, 5.41) is 16.7. The number of nitrogens with zero attached hydrogens (tertiary/aromatic N) is 2. The van der Waals surface area contributed by atoms with Gasteiger partial charge in [0.15, 0.2) is 0 Å². The van der Waals surface area contributed by atoms with Gasteiger partial charge in [0.25, 0.3) is 0 Å². The van der Waals surface area contributed by atoms with Crippen LogP contribution in [-0.2, 0) is 20.7 Å². The minimum absolute atomic E-state index is 0.147. The third kappa shape index (κ3) is 10.2. The number of carbonyl (C=O) groups excluding carboxylic acids is 3. The van der Waals surface area contributed by atoms with E-state index in [1.807, 2.05) is 52.0 Å². The van der Waals surface area contributed by atoms with Gasteiger partial charge in [-0.25, -0.2) is 14.8 Å². The first-order valence-electron chi connectivity index (χ1n) is 15.5. The van der Waals surface area contributed by atoms with Crippen LogP contribution in [0.5, 0.6) is 0 Å². The van der Waals surface area contributed by atoms with Gasteiger partial charge in [0.05, 0.1) is 0 Å². The molecule has 10 nitrogen and oxygen atoms in total. The molecule has 1 aliphatic rings. The van der Waals surface area contributed by atoms with E-state index in [9.17, 15) is 14.4 Å². The van der Waals surface area contributed by atoms with E-state index in [1.165, 1.54) is 0 Å². The van der Waals surface area contributed by atoms with E-state index in [0.717, 1.165) is 35.1 Å². The first kappa shape index (κ1) is 33.3. The fourth-order valence-electron chi connectivity index (χ4n) is 5.36. The summed E-state index contributed by atoms with van der Waals surface area (Å²) in [4.78, 5) is 47.8. The van der Waals surface area contributed by atoms with E-state index >= 15 is 0 Å². The number of aryl methyl sites for hydroxylation is 1. The lowest BCUT2D eigenvalue weighted by Crippen LogP contribution is -2.48. The summed E-state index contributed by atoms with van der Waals surface area (Å²) in [7, 11) is 0. The SMILES string of the molecule is CC(=N)c1ccc(NC(=O)[C@H](Cc2cccc(-c3cnc(C)nc3)c2)NC(=O)C2CCC(CNC(=O)OC(C)(C)C)CC2)cc1. The van der Waals surface area contributed by atoms with Crippen molar-refractivity contribution in [3.05, 3.63) is 77.9 Å². The lowest BCUT2D eigenvalue weighted by Gasteiger charge is -2.29. The van der Waals surface area contributed by atoms with Crippen LogP contribution in [0.4, 0.5) is 10.5 Å². The quantitative estimate of drug-likeness (QED) is 0.212. The molecular formula is C35H44N6O4. The topological polar surface area (TPSA) is 146 Å². The van der Waals surface area contributed by atoms with E-state index < -0.39 is 17.7 Å². The van der Waals surface area contributed by atoms with Crippen molar-refractivity contribution in [2.24, 2.45) is 11.8 Å². The molecule has 0 saturated heterocycles. The molecule has 238 valence electrons. The van der Waals surface area contributed by atoms with Crippen LogP contribution in [0.15, 0.2) is 60.9 Å². The molecule has 1 heterocycles. The zero-order valence-corrected chi connectivity index (χ0v) is 26.8. The molecule has 3 amide bonds. The van der Waals surface area contributed by atoms with Crippen LogP contribution in [-0.4, -0.2) is 51.8 Å². The third-order valence-corrected chi connectivity index (χ3v) is 7.85. The van der Waals surface area contributed by atoms with E-state index in [4.69, 9.17) is 10.1 Å². The van der Waals surface area contributed by atoms with Crippen LogP contribution < -0.4 is 16.0 Å². The van der Waals surface area contributed by atoms with E-state index in [0.29, 0.717) is 43.0 Å². The van der Waals surface area contributed by atoms with Crippen LogP contribution in [0.2, 0.25) is 0 Å². The molecule has 1 atom stereocenters. The fourth-order valence-corrected chi connectivity index (χ4v) is 5.36. The molecule has 0 aliphatic heterocycles. The molecule has 1 aromatic heterocycles. The standard InChI is InChI=1S/C35H44N6O4/c1-22(36)26-13-15-30(16-14-26)40-33(43)31(18-25-7-6-8-28(17-25)29-20-37-23(2)38-21-29)41-32(42)27-11-9-24(10-12-27)19-39-34(44)45-35(3,4)5/h6-8,13-17,20-21,24,27,31,36H,9-12,18-19H2,1-5H3,(H,39,44)(H,40,43)(H,41,42)/t24?,27?,31-/m0/s1. The normalized spacial score (nSPS) is 17.1. The van der Waals surface area contributed by atoms with Crippen molar-refractivity contribution in [1.29, 1.82) is 5.41 Å². The Morgan fingerprint density at radius 1 is 0.978 bits per heavy atom. The summed E-state index contributed by atoms with van der Waals surface area (Å²) in [6.07, 6.45) is 6.35.